The van der Waals surface area contributed by atoms with Crippen LogP contribution in [0.15, 0.2) is 36.4 Å². The van der Waals surface area contributed by atoms with E-state index in [2.05, 4.69) is 5.32 Å². The number of esters is 1. The highest BCUT2D eigenvalue weighted by molar-refractivity contribution is 5.95. The van der Waals surface area contributed by atoms with Gasteiger partial charge in [-0.25, -0.2) is 0 Å². The Labute approximate surface area is 175 Å². The molecule has 0 bridgehead atoms. The van der Waals surface area contributed by atoms with E-state index in [-0.39, 0.29) is 6.42 Å². The molecular formula is C22H24N2O6. The molecule has 0 aliphatic carbocycles. The Bertz CT molecular complexity index is 926. The van der Waals surface area contributed by atoms with Crippen LogP contribution >= 0.6 is 0 Å². The molecule has 0 aromatic heterocycles. The minimum Gasteiger partial charge on any atom is -0.493 e. The third kappa shape index (κ3) is 5.88. The van der Waals surface area contributed by atoms with Crippen molar-refractivity contribution in [2.45, 2.75) is 25.9 Å². The highest BCUT2D eigenvalue weighted by Gasteiger charge is 2.19. The maximum atomic E-state index is 12.2. The Balaban J connectivity index is 1.93. The third-order valence-electron chi connectivity index (χ3n) is 4.28. The summed E-state index contributed by atoms with van der Waals surface area (Å²) in [5.41, 5.74) is 1.68. The second-order valence-electron chi connectivity index (χ2n) is 6.35. The number of nitriles is 1. The van der Waals surface area contributed by atoms with Crippen LogP contribution in [-0.4, -0.2) is 39.3 Å². The topological polar surface area (TPSA) is 107 Å². The van der Waals surface area contributed by atoms with Gasteiger partial charge in [0.25, 0.3) is 5.91 Å². The number of carbonyl (C=O) groups is 2. The fourth-order valence-electron chi connectivity index (χ4n) is 2.75. The lowest BCUT2D eigenvalue weighted by molar-refractivity contribution is -0.153. The first-order chi connectivity index (χ1) is 14.4. The third-order valence-corrected chi connectivity index (χ3v) is 4.28. The van der Waals surface area contributed by atoms with Crippen LogP contribution in [0.25, 0.3) is 0 Å². The van der Waals surface area contributed by atoms with Gasteiger partial charge in [-0.05, 0) is 49.2 Å². The molecule has 0 fully saturated rings. The van der Waals surface area contributed by atoms with E-state index >= 15 is 0 Å². The van der Waals surface area contributed by atoms with E-state index in [0.29, 0.717) is 34.9 Å². The summed E-state index contributed by atoms with van der Waals surface area (Å²) in [6.45, 7) is 1.49. The van der Waals surface area contributed by atoms with Crippen molar-refractivity contribution in [3.8, 4) is 23.3 Å². The number of methoxy groups -OCH3 is 3. The van der Waals surface area contributed by atoms with Crippen LogP contribution in [-0.2, 0) is 20.7 Å². The fraction of sp³-hybridized carbons (Fsp3) is 0.318. The minimum absolute atomic E-state index is 0.0696. The van der Waals surface area contributed by atoms with Gasteiger partial charge in [-0.3, -0.25) is 9.59 Å². The summed E-state index contributed by atoms with van der Waals surface area (Å²) < 4.78 is 21.1. The molecule has 0 aliphatic heterocycles. The van der Waals surface area contributed by atoms with Gasteiger partial charge in [0.2, 0.25) is 5.75 Å². The molecule has 8 nitrogen and oxygen atoms in total. The smallest absolute Gasteiger partial charge is 0.306 e. The van der Waals surface area contributed by atoms with Crippen LogP contribution in [0.1, 0.15) is 24.5 Å². The Morgan fingerprint density at radius 3 is 2.30 bits per heavy atom. The molecule has 1 N–H and O–H groups in total. The van der Waals surface area contributed by atoms with Gasteiger partial charge in [-0.1, -0.05) is 6.07 Å². The Morgan fingerprint density at radius 1 is 1.07 bits per heavy atom. The van der Waals surface area contributed by atoms with E-state index in [1.165, 1.54) is 34.3 Å². The Kier molecular flexibility index (Phi) is 8.06. The van der Waals surface area contributed by atoms with E-state index in [1.54, 1.807) is 30.3 Å². The van der Waals surface area contributed by atoms with Gasteiger partial charge >= 0.3 is 5.97 Å². The van der Waals surface area contributed by atoms with Crippen molar-refractivity contribution in [2.75, 3.05) is 26.6 Å². The number of hydrogen-bond acceptors (Lipinski definition) is 7. The summed E-state index contributed by atoms with van der Waals surface area (Å²) in [4.78, 5) is 24.4. The number of ether oxygens (including phenoxy) is 4. The number of rotatable bonds is 9. The standard InChI is InChI=1S/C22H24N2O6/c1-14(22(26)24-17-7-5-6-16(10-17)13-23)30-20(25)9-8-15-11-18(27-2)21(29-4)19(12-15)28-3/h5-7,10-12,14H,8-9H2,1-4H3,(H,24,26)/t14-/m1/s1. The van der Waals surface area contributed by atoms with E-state index in [9.17, 15) is 9.59 Å². The van der Waals surface area contributed by atoms with E-state index in [4.69, 9.17) is 24.2 Å². The largest absolute Gasteiger partial charge is 0.493 e. The van der Waals surface area contributed by atoms with Crippen molar-refractivity contribution in [1.82, 2.24) is 0 Å². The first-order valence-electron chi connectivity index (χ1n) is 9.21. The molecule has 0 saturated carbocycles. The first kappa shape index (κ1) is 22.6. The first-order valence-corrected chi connectivity index (χ1v) is 9.21. The predicted molar refractivity (Wildman–Crippen MR) is 110 cm³/mol. The molecular weight excluding hydrogens is 388 g/mol. The normalized spacial score (nSPS) is 11.0. The molecule has 1 amide bonds. The van der Waals surface area contributed by atoms with Crippen LogP contribution in [0.3, 0.4) is 0 Å². The summed E-state index contributed by atoms with van der Waals surface area (Å²) in [5.74, 6) is 0.459. The molecule has 0 saturated heterocycles. The summed E-state index contributed by atoms with van der Waals surface area (Å²) >= 11 is 0. The minimum atomic E-state index is -0.983. The lowest BCUT2D eigenvalue weighted by Crippen LogP contribution is -2.30. The second-order valence-corrected chi connectivity index (χ2v) is 6.35. The van der Waals surface area contributed by atoms with E-state index in [0.717, 1.165) is 5.56 Å². The molecule has 158 valence electrons. The predicted octanol–water partition coefficient (Wildman–Crippen LogP) is 3.09. The van der Waals surface area contributed by atoms with Crippen molar-refractivity contribution in [1.29, 1.82) is 5.26 Å². The van der Waals surface area contributed by atoms with Gasteiger partial charge in [-0.15, -0.1) is 0 Å². The van der Waals surface area contributed by atoms with Crippen LogP contribution in [0.2, 0.25) is 0 Å². The maximum Gasteiger partial charge on any atom is 0.306 e. The van der Waals surface area contributed by atoms with Crippen LogP contribution in [0.5, 0.6) is 17.2 Å². The van der Waals surface area contributed by atoms with Crippen molar-refractivity contribution in [3.05, 3.63) is 47.5 Å². The number of aryl methyl sites for hydroxylation is 1. The molecule has 0 heterocycles. The lowest BCUT2D eigenvalue weighted by atomic mass is 10.1. The molecule has 0 aliphatic rings. The van der Waals surface area contributed by atoms with E-state index < -0.39 is 18.0 Å². The van der Waals surface area contributed by atoms with Gasteiger partial charge in [0.05, 0.1) is 33.0 Å². The fourth-order valence-corrected chi connectivity index (χ4v) is 2.75. The molecule has 0 radical (unpaired) electrons. The average molecular weight is 412 g/mol. The van der Waals surface area contributed by atoms with Gasteiger partial charge < -0.3 is 24.3 Å². The van der Waals surface area contributed by atoms with Gasteiger partial charge in [0.1, 0.15) is 0 Å². The van der Waals surface area contributed by atoms with Gasteiger partial charge in [-0.2, -0.15) is 5.26 Å². The van der Waals surface area contributed by atoms with Crippen molar-refractivity contribution in [3.63, 3.8) is 0 Å². The van der Waals surface area contributed by atoms with Gasteiger partial charge in [0.15, 0.2) is 17.6 Å². The van der Waals surface area contributed by atoms with Crippen molar-refractivity contribution < 1.29 is 28.5 Å². The second kappa shape index (κ2) is 10.7. The Hall–Kier alpha value is -3.73. The highest BCUT2D eigenvalue weighted by atomic mass is 16.5. The van der Waals surface area contributed by atoms with Crippen LogP contribution < -0.4 is 19.5 Å². The van der Waals surface area contributed by atoms with E-state index in [1.807, 2.05) is 6.07 Å². The molecule has 8 heteroatoms. The lowest BCUT2D eigenvalue weighted by Gasteiger charge is -2.15. The molecule has 0 spiro atoms. The molecule has 0 unspecified atom stereocenters. The highest BCUT2D eigenvalue weighted by Crippen LogP contribution is 2.38. The number of anilines is 1. The van der Waals surface area contributed by atoms with Crippen molar-refractivity contribution in [2.24, 2.45) is 0 Å². The number of nitrogens with zero attached hydrogens (tertiary/aromatic N) is 1. The number of carbonyl (C=O) groups excluding carboxylic acids is 2. The zero-order chi connectivity index (χ0) is 22.1. The quantitative estimate of drug-likeness (QED) is 0.631. The average Bonchev–Trinajstić information content (AvgIpc) is 2.76. The van der Waals surface area contributed by atoms with Crippen molar-refractivity contribution >= 4 is 17.6 Å². The van der Waals surface area contributed by atoms with Crippen LogP contribution in [0, 0.1) is 11.3 Å². The summed E-state index contributed by atoms with van der Waals surface area (Å²) in [6, 6.07) is 12.0. The maximum absolute atomic E-state index is 12.2. The van der Waals surface area contributed by atoms with Gasteiger partial charge in [0, 0.05) is 12.1 Å². The number of amides is 1. The monoisotopic (exact) mass is 412 g/mol. The SMILES string of the molecule is COc1cc(CCC(=O)O[C@H](C)C(=O)Nc2cccc(C#N)c2)cc(OC)c1OC. The molecule has 1 atom stereocenters. The zero-order valence-corrected chi connectivity index (χ0v) is 17.4. The number of nitrogens with one attached hydrogen (secondary N) is 1. The van der Waals surface area contributed by atoms with Crippen LogP contribution in [0.4, 0.5) is 5.69 Å². The Morgan fingerprint density at radius 2 is 1.73 bits per heavy atom. The molecule has 2 aromatic carbocycles. The summed E-state index contributed by atoms with van der Waals surface area (Å²) in [7, 11) is 4.55. The number of hydrogen-bond donors (Lipinski definition) is 1. The zero-order valence-electron chi connectivity index (χ0n) is 17.4. The summed E-state index contributed by atoms with van der Waals surface area (Å²) in [6.07, 6.45) is -0.544. The summed E-state index contributed by atoms with van der Waals surface area (Å²) in [5, 5.41) is 11.5. The number of benzene rings is 2. The molecule has 30 heavy (non-hydrogen) atoms. The molecule has 2 rings (SSSR count). The molecule has 2 aromatic rings.